The number of carbonyl (C=O) groups is 1. The normalized spacial score (nSPS) is 23.1. The average molecular weight is 212 g/mol. The number of carboxylic acids is 1. The Balaban J connectivity index is 2.01. The van der Waals surface area contributed by atoms with Crippen LogP contribution in [0, 0.1) is 5.41 Å². The van der Waals surface area contributed by atoms with Crippen LogP contribution < -0.4 is 5.32 Å². The van der Waals surface area contributed by atoms with E-state index in [1.807, 2.05) is 0 Å². The fourth-order valence-electron chi connectivity index (χ4n) is 1.30. The Labute approximate surface area is 86.0 Å². The van der Waals surface area contributed by atoms with Gasteiger partial charge in [-0.3, -0.25) is 0 Å². The lowest BCUT2D eigenvalue weighted by Crippen LogP contribution is -2.07. The topological polar surface area (TPSA) is 62.2 Å². The largest absolute Gasteiger partial charge is 0.477 e. The second-order valence-electron chi connectivity index (χ2n) is 4.22. The highest BCUT2D eigenvalue weighted by molar-refractivity contribution is 7.17. The summed E-state index contributed by atoms with van der Waals surface area (Å²) in [5, 5.41) is 12.6. The van der Waals surface area contributed by atoms with Crippen LogP contribution in [0.25, 0.3) is 0 Å². The van der Waals surface area contributed by atoms with Crippen molar-refractivity contribution in [1.29, 1.82) is 0 Å². The molecule has 1 aromatic rings. The molecule has 1 aliphatic carbocycles. The summed E-state index contributed by atoms with van der Waals surface area (Å²) in [5.74, 6) is -0.911. The second-order valence-corrected chi connectivity index (χ2v) is 5.26. The van der Waals surface area contributed by atoms with Crippen LogP contribution in [0.5, 0.6) is 0 Å². The highest BCUT2D eigenvalue weighted by atomic mass is 32.1. The minimum Gasteiger partial charge on any atom is -0.477 e. The third kappa shape index (κ3) is 1.72. The van der Waals surface area contributed by atoms with Crippen LogP contribution in [0.15, 0.2) is 6.20 Å². The van der Waals surface area contributed by atoms with Gasteiger partial charge in [-0.05, 0) is 11.8 Å². The van der Waals surface area contributed by atoms with Gasteiger partial charge in [0.1, 0.15) is 4.88 Å². The third-order valence-electron chi connectivity index (χ3n) is 2.53. The lowest BCUT2D eigenvalue weighted by molar-refractivity contribution is 0.0702. The maximum Gasteiger partial charge on any atom is 0.347 e. The molecular weight excluding hydrogens is 200 g/mol. The van der Waals surface area contributed by atoms with E-state index in [4.69, 9.17) is 5.11 Å². The molecule has 1 fully saturated rings. The highest BCUT2D eigenvalue weighted by Gasteiger charge is 2.46. The van der Waals surface area contributed by atoms with Gasteiger partial charge in [0, 0.05) is 6.04 Å². The van der Waals surface area contributed by atoms with Gasteiger partial charge in [0.15, 0.2) is 5.13 Å². The van der Waals surface area contributed by atoms with Crippen molar-refractivity contribution in [2.45, 2.75) is 26.3 Å². The van der Waals surface area contributed by atoms with Crippen molar-refractivity contribution in [3.8, 4) is 0 Å². The molecule has 2 N–H and O–H groups in total. The molecule has 0 spiro atoms. The van der Waals surface area contributed by atoms with E-state index >= 15 is 0 Å². The Hall–Kier alpha value is -1.10. The number of thiazole rings is 1. The Morgan fingerprint density at radius 1 is 1.79 bits per heavy atom. The lowest BCUT2D eigenvalue weighted by Gasteiger charge is -2.03. The van der Waals surface area contributed by atoms with E-state index in [1.165, 1.54) is 17.5 Å². The fourth-order valence-corrected chi connectivity index (χ4v) is 2.01. The van der Waals surface area contributed by atoms with Gasteiger partial charge in [-0.25, -0.2) is 9.78 Å². The van der Waals surface area contributed by atoms with Gasteiger partial charge in [0.25, 0.3) is 0 Å². The van der Waals surface area contributed by atoms with Crippen molar-refractivity contribution in [2.24, 2.45) is 5.41 Å². The standard InChI is InChI=1S/C9H12N2O2S/c1-9(2)3-6(9)11-8-10-4-5(14-8)7(12)13/h4,6H,3H2,1-2H3,(H,10,11)(H,12,13). The molecule has 0 radical (unpaired) electrons. The van der Waals surface area contributed by atoms with Crippen molar-refractivity contribution < 1.29 is 9.90 Å². The first kappa shape index (κ1) is 9.45. The van der Waals surface area contributed by atoms with Crippen LogP contribution in [0.4, 0.5) is 5.13 Å². The number of anilines is 1. The van der Waals surface area contributed by atoms with Gasteiger partial charge >= 0.3 is 5.97 Å². The Kier molecular flexibility index (Phi) is 1.99. The van der Waals surface area contributed by atoms with Crippen LogP contribution in [-0.4, -0.2) is 22.1 Å². The quantitative estimate of drug-likeness (QED) is 0.805. The molecule has 1 saturated carbocycles. The molecule has 1 unspecified atom stereocenters. The highest BCUT2D eigenvalue weighted by Crippen LogP contribution is 2.46. The van der Waals surface area contributed by atoms with Crippen LogP contribution in [0.1, 0.15) is 29.9 Å². The Morgan fingerprint density at radius 3 is 2.86 bits per heavy atom. The zero-order chi connectivity index (χ0) is 10.3. The number of carboxylic acid groups (broad SMARTS) is 1. The van der Waals surface area contributed by atoms with Gasteiger partial charge in [-0.2, -0.15) is 0 Å². The summed E-state index contributed by atoms with van der Waals surface area (Å²) >= 11 is 1.19. The molecule has 0 bridgehead atoms. The molecule has 14 heavy (non-hydrogen) atoms. The molecule has 76 valence electrons. The molecular formula is C9H12N2O2S. The summed E-state index contributed by atoms with van der Waals surface area (Å²) in [4.78, 5) is 14.9. The maximum atomic E-state index is 10.6. The summed E-state index contributed by atoms with van der Waals surface area (Å²) in [5.41, 5.74) is 0.328. The number of rotatable bonds is 3. The lowest BCUT2D eigenvalue weighted by atomic mass is 10.2. The van der Waals surface area contributed by atoms with Gasteiger partial charge in [-0.1, -0.05) is 25.2 Å². The second kappa shape index (κ2) is 2.95. The predicted octanol–water partition coefficient (Wildman–Crippen LogP) is 2.05. The SMILES string of the molecule is CC1(C)CC1Nc1ncc(C(=O)O)s1. The number of hydrogen-bond donors (Lipinski definition) is 2. The average Bonchev–Trinajstić information content (AvgIpc) is 2.51. The number of aromatic nitrogens is 1. The molecule has 5 heteroatoms. The van der Waals surface area contributed by atoms with E-state index in [0.717, 1.165) is 6.42 Å². The molecule has 1 heterocycles. The first-order valence-corrected chi connectivity index (χ1v) is 5.26. The molecule has 0 aromatic carbocycles. The number of nitrogens with zero attached hydrogens (tertiary/aromatic N) is 1. The maximum absolute atomic E-state index is 10.6. The minimum atomic E-state index is -0.911. The molecule has 1 aliphatic rings. The van der Waals surface area contributed by atoms with Gasteiger partial charge in [0.2, 0.25) is 0 Å². The van der Waals surface area contributed by atoms with Crippen LogP contribution in [0.2, 0.25) is 0 Å². The van der Waals surface area contributed by atoms with E-state index in [9.17, 15) is 4.79 Å². The van der Waals surface area contributed by atoms with E-state index in [0.29, 0.717) is 16.6 Å². The smallest absolute Gasteiger partial charge is 0.347 e. The first-order chi connectivity index (χ1) is 6.49. The molecule has 1 atom stereocenters. The van der Waals surface area contributed by atoms with Crippen molar-refractivity contribution in [3.05, 3.63) is 11.1 Å². The van der Waals surface area contributed by atoms with Crippen molar-refractivity contribution in [3.63, 3.8) is 0 Å². The molecule has 4 nitrogen and oxygen atoms in total. The van der Waals surface area contributed by atoms with E-state index in [2.05, 4.69) is 24.1 Å². The Bertz CT molecular complexity index is 373. The van der Waals surface area contributed by atoms with Gasteiger partial charge in [-0.15, -0.1) is 0 Å². The molecule has 0 amide bonds. The van der Waals surface area contributed by atoms with Crippen LogP contribution >= 0.6 is 11.3 Å². The van der Waals surface area contributed by atoms with Crippen molar-refractivity contribution in [1.82, 2.24) is 4.98 Å². The summed E-state index contributed by atoms with van der Waals surface area (Å²) in [6.07, 6.45) is 2.51. The van der Waals surface area contributed by atoms with Gasteiger partial charge in [0.05, 0.1) is 6.20 Å². The van der Waals surface area contributed by atoms with Crippen molar-refractivity contribution >= 4 is 22.4 Å². The van der Waals surface area contributed by atoms with Crippen molar-refractivity contribution in [2.75, 3.05) is 5.32 Å². The first-order valence-electron chi connectivity index (χ1n) is 4.45. The Morgan fingerprint density at radius 2 is 2.43 bits per heavy atom. The molecule has 0 aliphatic heterocycles. The fraction of sp³-hybridized carbons (Fsp3) is 0.556. The van der Waals surface area contributed by atoms with Crippen LogP contribution in [-0.2, 0) is 0 Å². The summed E-state index contributed by atoms with van der Waals surface area (Å²) in [6, 6.07) is 0.440. The summed E-state index contributed by atoms with van der Waals surface area (Å²) in [7, 11) is 0. The monoisotopic (exact) mass is 212 g/mol. The zero-order valence-electron chi connectivity index (χ0n) is 8.07. The molecule has 2 rings (SSSR count). The number of nitrogens with one attached hydrogen (secondary N) is 1. The zero-order valence-corrected chi connectivity index (χ0v) is 8.89. The number of hydrogen-bond acceptors (Lipinski definition) is 4. The third-order valence-corrected chi connectivity index (χ3v) is 3.44. The van der Waals surface area contributed by atoms with Gasteiger partial charge < -0.3 is 10.4 Å². The van der Waals surface area contributed by atoms with E-state index < -0.39 is 5.97 Å². The molecule has 1 aromatic heterocycles. The summed E-state index contributed by atoms with van der Waals surface area (Å²) < 4.78 is 0. The van der Waals surface area contributed by atoms with Crippen LogP contribution in [0.3, 0.4) is 0 Å². The summed E-state index contributed by atoms with van der Waals surface area (Å²) in [6.45, 7) is 4.35. The van der Waals surface area contributed by atoms with E-state index in [-0.39, 0.29) is 4.88 Å². The number of aromatic carboxylic acids is 1. The minimum absolute atomic E-state index is 0.283. The van der Waals surface area contributed by atoms with E-state index in [1.54, 1.807) is 0 Å². The molecule has 0 saturated heterocycles. The predicted molar refractivity (Wildman–Crippen MR) is 54.9 cm³/mol.